The zero-order chi connectivity index (χ0) is 14.8. The predicted molar refractivity (Wildman–Crippen MR) is 81.6 cm³/mol. The molecule has 1 fully saturated rings. The van der Waals surface area contributed by atoms with E-state index in [2.05, 4.69) is 16.9 Å². The van der Waals surface area contributed by atoms with Gasteiger partial charge in [-0.05, 0) is 38.2 Å². The van der Waals surface area contributed by atoms with Crippen LogP contribution < -0.4 is 4.74 Å². The Morgan fingerprint density at radius 3 is 2.67 bits per heavy atom. The van der Waals surface area contributed by atoms with E-state index in [4.69, 9.17) is 4.74 Å². The van der Waals surface area contributed by atoms with E-state index in [0.717, 1.165) is 29.7 Å². The summed E-state index contributed by atoms with van der Waals surface area (Å²) in [5, 5.41) is 0.976. The van der Waals surface area contributed by atoms with Gasteiger partial charge in [-0.15, -0.1) is 0 Å². The van der Waals surface area contributed by atoms with E-state index in [0.29, 0.717) is 18.8 Å². The van der Waals surface area contributed by atoms with E-state index >= 15 is 0 Å². The van der Waals surface area contributed by atoms with Crippen molar-refractivity contribution in [3.05, 3.63) is 36.0 Å². The lowest BCUT2D eigenvalue weighted by molar-refractivity contribution is 0.120. The van der Waals surface area contributed by atoms with Gasteiger partial charge in [-0.2, -0.15) is 0 Å². The number of hydrogen-bond acceptors (Lipinski definition) is 4. The number of piperazine rings is 1. The number of carbonyl (C=O) groups excluding carboxylic acids is 1. The van der Waals surface area contributed by atoms with Crippen molar-refractivity contribution in [2.75, 3.05) is 33.2 Å². The number of hydrogen-bond donors (Lipinski definition) is 0. The van der Waals surface area contributed by atoms with Crippen LogP contribution in [-0.4, -0.2) is 54.1 Å². The molecule has 1 aliphatic rings. The average molecular weight is 285 g/mol. The molecule has 1 aromatic heterocycles. The Labute approximate surface area is 124 Å². The summed E-state index contributed by atoms with van der Waals surface area (Å²) in [5.41, 5.74) is 1.89. The fraction of sp³-hybridized carbons (Fsp3) is 0.375. The maximum Gasteiger partial charge on any atom is 0.415 e. The molecule has 0 spiro atoms. The highest BCUT2D eigenvalue weighted by Crippen LogP contribution is 2.20. The molecule has 0 aliphatic carbocycles. The number of likely N-dealkylation sites (N-methyl/N-ethyl adjacent to an activating group) is 1. The van der Waals surface area contributed by atoms with Crippen molar-refractivity contribution in [3.63, 3.8) is 0 Å². The molecular weight excluding hydrogens is 266 g/mol. The number of nitrogens with zero attached hydrogens (tertiary/aromatic N) is 3. The monoisotopic (exact) mass is 285 g/mol. The third-order valence-electron chi connectivity index (χ3n) is 3.77. The normalized spacial score (nSPS) is 16.2. The van der Waals surface area contributed by atoms with Crippen LogP contribution in [0.15, 0.2) is 30.3 Å². The Morgan fingerprint density at radius 1 is 1.14 bits per heavy atom. The number of carbonyl (C=O) groups is 1. The van der Waals surface area contributed by atoms with Crippen molar-refractivity contribution in [3.8, 4) is 5.75 Å². The van der Waals surface area contributed by atoms with Crippen molar-refractivity contribution in [2.24, 2.45) is 0 Å². The van der Waals surface area contributed by atoms with Gasteiger partial charge in [0.25, 0.3) is 0 Å². The number of amides is 1. The fourth-order valence-corrected chi connectivity index (χ4v) is 2.42. The molecule has 110 valence electrons. The Bertz CT molecular complexity index is 664. The SMILES string of the molecule is Cc1ccc2cc(OC(=O)N3CCN(C)CC3)ccc2n1. The molecule has 0 atom stereocenters. The van der Waals surface area contributed by atoms with Crippen LogP contribution in [0.5, 0.6) is 5.75 Å². The zero-order valence-electron chi connectivity index (χ0n) is 12.4. The largest absolute Gasteiger partial charge is 0.415 e. The van der Waals surface area contributed by atoms with Crippen LogP contribution >= 0.6 is 0 Å². The van der Waals surface area contributed by atoms with Gasteiger partial charge in [-0.1, -0.05) is 6.07 Å². The van der Waals surface area contributed by atoms with Crippen LogP contribution in [0.2, 0.25) is 0 Å². The average Bonchev–Trinajstić information content (AvgIpc) is 2.48. The molecule has 0 radical (unpaired) electrons. The summed E-state index contributed by atoms with van der Waals surface area (Å²) in [6.07, 6.45) is -0.275. The minimum absolute atomic E-state index is 0.275. The van der Waals surface area contributed by atoms with Crippen molar-refractivity contribution < 1.29 is 9.53 Å². The van der Waals surface area contributed by atoms with Crippen molar-refractivity contribution >= 4 is 17.0 Å². The van der Waals surface area contributed by atoms with E-state index in [1.807, 2.05) is 31.2 Å². The van der Waals surface area contributed by atoms with Crippen LogP contribution in [-0.2, 0) is 0 Å². The van der Waals surface area contributed by atoms with E-state index in [-0.39, 0.29) is 6.09 Å². The van der Waals surface area contributed by atoms with Crippen LogP contribution in [0.4, 0.5) is 4.79 Å². The highest BCUT2D eigenvalue weighted by molar-refractivity contribution is 5.81. The molecule has 0 unspecified atom stereocenters. The lowest BCUT2D eigenvalue weighted by Crippen LogP contribution is -2.48. The lowest BCUT2D eigenvalue weighted by Gasteiger charge is -2.31. The second-order valence-corrected chi connectivity index (χ2v) is 5.47. The molecule has 0 saturated carbocycles. The number of aromatic nitrogens is 1. The standard InChI is InChI=1S/C16H19N3O2/c1-12-3-4-13-11-14(5-6-15(13)17-12)21-16(20)19-9-7-18(2)8-10-19/h3-6,11H,7-10H2,1-2H3. The molecule has 1 aliphatic heterocycles. The summed E-state index contributed by atoms with van der Waals surface area (Å²) in [4.78, 5) is 20.5. The minimum Gasteiger partial charge on any atom is -0.410 e. The third kappa shape index (κ3) is 3.13. The quantitative estimate of drug-likeness (QED) is 0.806. The summed E-state index contributed by atoms with van der Waals surface area (Å²) in [6.45, 7) is 5.15. The van der Waals surface area contributed by atoms with E-state index in [1.165, 1.54) is 0 Å². The van der Waals surface area contributed by atoms with Gasteiger partial charge in [0.05, 0.1) is 5.52 Å². The molecule has 0 bridgehead atoms. The molecule has 5 nitrogen and oxygen atoms in total. The van der Waals surface area contributed by atoms with Crippen molar-refractivity contribution in [2.45, 2.75) is 6.92 Å². The zero-order valence-corrected chi connectivity index (χ0v) is 12.4. The number of rotatable bonds is 1. The molecule has 3 rings (SSSR count). The lowest BCUT2D eigenvalue weighted by atomic mass is 10.2. The molecule has 2 aromatic rings. The molecule has 21 heavy (non-hydrogen) atoms. The Morgan fingerprint density at radius 2 is 1.90 bits per heavy atom. The summed E-state index contributed by atoms with van der Waals surface area (Å²) < 4.78 is 5.47. The Balaban J connectivity index is 1.72. The summed E-state index contributed by atoms with van der Waals surface area (Å²) in [6, 6.07) is 9.48. The van der Waals surface area contributed by atoms with Gasteiger partial charge in [-0.25, -0.2) is 4.79 Å². The van der Waals surface area contributed by atoms with E-state index in [9.17, 15) is 4.79 Å². The third-order valence-corrected chi connectivity index (χ3v) is 3.77. The van der Waals surface area contributed by atoms with Gasteiger partial charge in [0.2, 0.25) is 0 Å². The Hall–Kier alpha value is -2.14. The molecule has 5 heteroatoms. The second-order valence-electron chi connectivity index (χ2n) is 5.47. The number of pyridine rings is 1. The minimum atomic E-state index is -0.275. The number of benzene rings is 1. The first-order valence-electron chi connectivity index (χ1n) is 7.14. The van der Waals surface area contributed by atoms with E-state index in [1.54, 1.807) is 11.0 Å². The first-order valence-corrected chi connectivity index (χ1v) is 7.14. The van der Waals surface area contributed by atoms with Crippen LogP contribution in [0.25, 0.3) is 10.9 Å². The van der Waals surface area contributed by atoms with Gasteiger partial charge in [0, 0.05) is 37.3 Å². The highest BCUT2D eigenvalue weighted by atomic mass is 16.6. The maximum atomic E-state index is 12.1. The summed E-state index contributed by atoms with van der Waals surface area (Å²) in [7, 11) is 2.06. The van der Waals surface area contributed by atoms with Crippen LogP contribution in [0, 0.1) is 6.92 Å². The molecule has 1 amide bonds. The van der Waals surface area contributed by atoms with Crippen LogP contribution in [0.1, 0.15) is 5.69 Å². The van der Waals surface area contributed by atoms with Gasteiger partial charge >= 0.3 is 6.09 Å². The van der Waals surface area contributed by atoms with E-state index < -0.39 is 0 Å². The molecule has 2 heterocycles. The van der Waals surface area contributed by atoms with Crippen molar-refractivity contribution in [1.29, 1.82) is 0 Å². The van der Waals surface area contributed by atoms with Crippen molar-refractivity contribution in [1.82, 2.24) is 14.8 Å². The first-order chi connectivity index (χ1) is 10.1. The van der Waals surface area contributed by atoms with Gasteiger partial charge < -0.3 is 14.5 Å². The topological polar surface area (TPSA) is 45.7 Å². The Kier molecular flexibility index (Phi) is 3.75. The summed E-state index contributed by atoms with van der Waals surface area (Å²) >= 11 is 0. The van der Waals surface area contributed by atoms with Gasteiger partial charge in [0.15, 0.2) is 0 Å². The molecule has 1 saturated heterocycles. The van der Waals surface area contributed by atoms with Crippen LogP contribution in [0.3, 0.4) is 0 Å². The summed E-state index contributed by atoms with van der Waals surface area (Å²) in [5.74, 6) is 0.567. The predicted octanol–water partition coefficient (Wildman–Crippen LogP) is 2.29. The smallest absolute Gasteiger partial charge is 0.410 e. The number of fused-ring (bicyclic) bond motifs is 1. The highest BCUT2D eigenvalue weighted by Gasteiger charge is 2.20. The molecule has 1 aromatic carbocycles. The fourth-order valence-electron chi connectivity index (χ4n) is 2.42. The van der Waals surface area contributed by atoms with Gasteiger partial charge in [0.1, 0.15) is 5.75 Å². The molecule has 0 N–H and O–H groups in total. The second kappa shape index (κ2) is 5.69. The first kappa shape index (κ1) is 13.8. The maximum absolute atomic E-state index is 12.1. The van der Waals surface area contributed by atoms with Gasteiger partial charge in [-0.3, -0.25) is 4.98 Å². The molecular formula is C16H19N3O2. The number of aryl methyl sites for hydroxylation is 1. The number of ether oxygens (including phenoxy) is 1.